The molecule has 0 atom stereocenters. The molecule has 1 aliphatic rings. The van der Waals surface area contributed by atoms with Crippen molar-refractivity contribution in [2.24, 2.45) is 0 Å². The maximum Gasteiger partial charge on any atom is 0.330 e. The van der Waals surface area contributed by atoms with Crippen LogP contribution >= 0.6 is 0 Å². The molecule has 0 aromatic heterocycles. The molecule has 0 aromatic rings. The van der Waals surface area contributed by atoms with Crippen LogP contribution in [0.1, 0.15) is 46.0 Å². The second-order valence-electron chi connectivity index (χ2n) is 2.90. The Kier molecular flexibility index (Phi) is 7.36. The lowest BCUT2D eigenvalue weighted by Crippen LogP contribution is -2.19. The van der Waals surface area contributed by atoms with Crippen molar-refractivity contribution in [2.45, 2.75) is 52.1 Å². The molecule has 0 spiro atoms. The van der Waals surface area contributed by atoms with Gasteiger partial charge in [0.25, 0.3) is 0 Å². The average molecular weight is 184 g/mol. The molecule has 1 fully saturated rings. The van der Waals surface area contributed by atoms with Crippen LogP contribution in [0.5, 0.6) is 0 Å². The van der Waals surface area contributed by atoms with E-state index in [1.54, 1.807) is 0 Å². The second-order valence-corrected chi connectivity index (χ2v) is 2.90. The Balaban J connectivity index is 0.000000671. The zero-order valence-electron chi connectivity index (χ0n) is 8.71. The van der Waals surface area contributed by atoms with Gasteiger partial charge in [0, 0.05) is 6.08 Å². The van der Waals surface area contributed by atoms with Crippen LogP contribution in [0, 0.1) is 0 Å². The second kappa shape index (κ2) is 7.84. The summed E-state index contributed by atoms with van der Waals surface area (Å²) in [4.78, 5) is 10.7. The minimum Gasteiger partial charge on any atom is -0.459 e. The van der Waals surface area contributed by atoms with Crippen LogP contribution in [-0.2, 0) is 9.53 Å². The van der Waals surface area contributed by atoms with Gasteiger partial charge in [-0.3, -0.25) is 0 Å². The summed E-state index contributed by atoms with van der Waals surface area (Å²) in [6.07, 6.45) is 7.11. The maximum atomic E-state index is 10.7. The minimum absolute atomic E-state index is 0.161. The zero-order chi connectivity index (χ0) is 10.1. The molecule has 0 unspecified atom stereocenters. The molecule has 76 valence electrons. The Labute approximate surface area is 81.0 Å². The van der Waals surface area contributed by atoms with Crippen molar-refractivity contribution in [3.05, 3.63) is 12.7 Å². The van der Waals surface area contributed by atoms with Gasteiger partial charge in [0.2, 0.25) is 0 Å². The monoisotopic (exact) mass is 184 g/mol. The predicted molar refractivity (Wildman–Crippen MR) is 54.5 cm³/mol. The molecule has 2 nitrogen and oxygen atoms in total. The summed E-state index contributed by atoms with van der Waals surface area (Å²) in [5.74, 6) is -0.281. The van der Waals surface area contributed by atoms with Gasteiger partial charge in [-0.1, -0.05) is 26.8 Å². The Morgan fingerprint density at radius 1 is 1.31 bits per heavy atom. The third-order valence-electron chi connectivity index (χ3n) is 2.00. The maximum absolute atomic E-state index is 10.7. The van der Waals surface area contributed by atoms with E-state index < -0.39 is 0 Å². The fourth-order valence-electron chi connectivity index (χ4n) is 1.40. The first-order valence-corrected chi connectivity index (χ1v) is 5.16. The molecule has 0 saturated heterocycles. The van der Waals surface area contributed by atoms with Crippen LogP contribution in [0.2, 0.25) is 0 Å². The Morgan fingerprint density at radius 3 is 2.31 bits per heavy atom. The Bertz CT molecular complexity index is 146. The van der Waals surface area contributed by atoms with Gasteiger partial charge < -0.3 is 4.74 Å². The lowest BCUT2D eigenvalue weighted by Gasteiger charge is -2.20. The molecule has 0 amide bonds. The third-order valence-corrected chi connectivity index (χ3v) is 2.00. The van der Waals surface area contributed by atoms with Crippen molar-refractivity contribution in [3.63, 3.8) is 0 Å². The molecule has 0 heterocycles. The van der Waals surface area contributed by atoms with Crippen LogP contribution in [0.25, 0.3) is 0 Å². The molecule has 1 saturated carbocycles. The minimum atomic E-state index is -0.281. The lowest BCUT2D eigenvalue weighted by atomic mass is 9.98. The van der Waals surface area contributed by atoms with Crippen molar-refractivity contribution >= 4 is 5.97 Å². The van der Waals surface area contributed by atoms with E-state index in [4.69, 9.17) is 4.74 Å². The zero-order valence-corrected chi connectivity index (χ0v) is 8.71. The Hall–Kier alpha value is -0.790. The molecule has 13 heavy (non-hydrogen) atoms. The smallest absolute Gasteiger partial charge is 0.330 e. The van der Waals surface area contributed by atoms with Gasteiger partial charge in [-0.25, -0.2) is 4.79 Å². The fraction of sp³-hybridized carbons (Fsp3) is 0.727. The lowest BCUT2D eigenvalue weighted by molar-refractivity contribution is -0.144. The van der Waals surface area contributed by atoms with Crippen molar-refractivity contribution in [2.75, 3.05) is 0 Å². The topological polar surface area (TPSA) is 26.3 Å². The third kappa shape index (κ3) is 5.45. The quantitative estimate of drug-likeness (QED) is 0.487. The van der Waals surface area contributed by atoms with Gasteiger partial charge in [0.05, 0.1) is 0 Å². The molecule has 1 rings (SSSR count). The van der Waals surface area contributed by atoms with Crippen LogP contribution in [0.4, 0.5) is 0 Å². The summed E-state index contributed by atoms with van der Waals surface area (Å²) in [6.45, 7) is 7.35. The largest absolute Gasteiger partial charge is 0.459 e. The first-order chi connectivity index (χ1) is 6.33. The van der Waals surface area contributed by atoms with Crippen LogP contribution in [0.3, 0.4) is 0 Å². The average Bonchev–Trinajstić information content (AvgIpc) is 2.22. The highest BCUT2D eigenvalue weighted by Gasteiger charge is 2.15. The molecule has 0 bridgehead atoms. The number of hydrogen-bond donors (Lipinski definition) is 0. The fourth-order valence-corrected chi connectivity index (χ4v) is 1.40. The van der Waals surface area contributed by atoms with Gasteiger partial charge in [0.15, 0.2) is 0 Å². The van der Waals surface area contributed by atoms with Crippen LogP contribution in [-0.4, -0.2) is 12.1 Å². The summed E-state index contributed by atoms with van der Waals surface area (Å²) < 4.78 is 5.08. The van der Waals surface area contributed by atoms with Crippen molar-refractivity contribution in [3.8, 4) is 0 Å². The van der Waals surface area contributed by atoms with Crippen molar-refractivity contribution in [1.29, 1.82) is 0 Å². The molecular weight excluding hydrogens is 164 g/mol. The van der Waals surface area contributed by atoms with Crippen LogP contribution in [0.15, 0.2) is 12.7 Å². The van der Waals surface area contributed by atoms with E-state index in [0.717, 1.165) is 12.8 Å². The number of ether oxygens (including phenoxy) is 1. The van der Waals surface area contributed by atoms with E-state index in [0.29, 0.717) is 0 Å². The summed E-state index contributed by atoms with van der Waals surface area (Å²) in [5, 5.41) is 0. The summed E-state index contributed by atoms with van der Waals surface area (Å²) in [6, 6.07) is 0. The van der Waals surface area contributed by atoms with Crippen molar-refractivity contribution in [1.82, 2.24) is 0 Å². The highest BCUT2D eigenvalue weighted by atomic mass is 16.5. The van der Waals surface area contributed by atoms with Gasteiger partial charge >= 0.3 is 5.97 Å². The van der Waals surface area contributed by atoms with E-state index in [2.05, 4.69) is 6.58 Å². The predicted octanol–water partition coefficient (Wildman–Crippen LogP) is 3.07. The van der Waals surface area contributed by atoms with Crippen LogP contribution < -0.4 is 0 Å². The van der Waals surface area contributed by atoms with Gasteiger partial charge in [-0.2, -0.15) is 0 Å². The number of esters is 1. The Morgan fingerprint density at radius 2 is 1.85 bits per heavy atom. The normalized spacial score (nSPS) is 16.8. The van der Waals surface area contributed by atoms with E-state index in [-0.39, 0.29) is 12.1 Å². The summed E-state index contributed by atoms with van der Waals surface area (Å²) in [5.41, 5.74) is 0. The van der Waals surface area contributed by atoms with Crippen molar-refractivity contribution < 1.29 is 9.53 Å². The molecule has 1 aliphatic carbocycles. The highest BCUT2D eigenvalue weighted by Crippen LogP contribution is 2.20. The SMILES string of the molecule is C=CC(=O)OC1CCCCC1.CC. The molecule has 0 N–H and O–H groups in total. The number of rotatable bonds is 2. The van der Waals surface area contributed by atoms with Gasteiger partial charge in [0.1, 0.15) is 6.10 Å². The van der Waals surface area contributed by atoms with Gasteiger partial charge in [-0.15, -0.1) is 0 Å². The summed E-state index contributed by atoms with van der Waals surface area (Å²) >= 11 is 0. The first-order valence-electron chi connectivity index (χ1n) is 5.16. The van der Waals surface area contributed by atoms with Gasteiger partial charge in [-0.05, 0) is 25.7 Å². The summed E-state index contributed by atoms with van der Waals surface area (Å²) in [7, 11) is 0. The van der Waals surface area contributed by atoms with E-state index in [1.165, 1.54) is 25.3 Å². The van der Waals surface area contributed by atoms with E-state index in [9.17, 15) is 4.79 Å². The standard InChI is InChI=1S/C9H14O2.C2H6/c1-2-9(10)11-8-6-4-3-5-7-8;1-2/h2,8H,1,3-7H2;1-2H3. The highest BCUT2D eigenvalue weighted by molar-refractivity contribution is 5.81. The van der Waals surface area contributed by atoms with E-state index in [1.807, 2.05) is 13.8 Å². The molecule has 0 aliphatic heterocycles. The first kappa shape index (κ1) is 12.2. The number of carbonyl (C=O) groups excluding carboxylic acids is 1. The molecule has 0 radical (unpaired) electrons. The number of carbonyl (C=O) groups is 1. The molecule has 2 heteroatoms. The number of hydrogen-bond acceptors (Lipinski definition) is 2. The molecule has 0 aromatic carbocycles. The molecular formula is C11H20O2. The van der Waals surface area contributed by atoms with E-state index >= 15 is 0 Å².